The molecule has 0 fully saturated rings. The molecule has 0 radical (unpaired) electrons. The Morgan fingerprint density at radius 1 is 1.35 bits per heavy atom. The predicted octanol–water partition coefficient (Wildman–Crippen LogP) is 2.72. The number of carbonyl (C=O) groups is 1. The number of ether oxygens (including phenoxy) is 1. The van der Waals surface area contributed by atoms with Gasteiger partial charge in [0.2, 0.25) is 10.0 Å². The number of nitrogens with zero attached hydrogens (tertiary/aromatic N) is 1. The van der Waals surface area contributed by atoms with Gasteiger partial charge in [-0.1, -0.05) is 6.07 Å². The lowest BCUT2D eigenvalue weighted by Gasteiger charge is -2.26. The van der Waals surface area contributed by atoms with Gasteiger partial charge in [0.1, 0.15) is 0 Å². The first-order valence-electron chi connectivity index (χ1n) is 6.81. The summed E-state index contributed by atoms with van der Waals surface area (Å²) in [6, 6.07) is 1.17. The lowest BCUT2D eigenvalue weighted by Crippen LogP contribution is -2.35. The first-order valence-corrected chi connectivity index (χ1v) is 8.25. The van der Waals surface area contributed by atoms with E-state index in [4.69, 9.17) is 0 Å². The van der Waals surface area contributed by atoms with Gasteiger partial charge in [-0.3, -0.25) is 4.79 Å². The molecule has 1 aliphatic rings. The van der Waals surface area contributed by atoms with E-state index in [9.17, 15) is 26.4 Å². The second kappa shape index (κ2) is 5.79. The molecule has 0 aliphatic carbocycles. The zero-order valence-electron chi connectivity index (χ0n) is 12.7. The van der Waals surface area contributed by atoms with Crippen molar-refractivity contribution >= 4 is 16.0 Å². The number of sulfonamides is 1. The van der Waals surface area contributed by atoms with Gasteiger partial charge in [-0.2, -0.15) is 17.5 Å². The molecule has 0 N–H and O–H groups in total. The molecule has 1 aromatic rings. The van der Waals surface area contributed by atoms with Crippen LogP contribution in [0.3, 0.4) is 0 Å². The lowest BCUT2D eigenvalue weighted by molar-refractivity contribution is -0.142. The number of hydrogen-bond donors (Lipinski definition) is 0. The summed E-state index contributed by atoms with van der Waals surface area (Å²) in [6.45, 7) is 3.19. The first-order chi connectivity index (χ1) is 10.5. The van der Waals surface area contributed by atoms with Crippen LogP contribution in [-0.4, -0.2) is 31.8 Å². The van der Waals surface area contributed by atoms with E-state index >= 15 is 0 Å². The number of rotatable bonds is 3. The van der Waals surface area contributed by atoms with E-state index in [0.717, 1.165) is 16.4 Å². The van der Waals surface area contributed by atoms with Gasteiger partial charge in [-0.05, 0) is 31.5 Å². The maximum Gasteiger partial charge on any atom is 0.416 e. The lowest BCUT2D eigenvalue weighted by atomic mass is 10.0. The second-order valence-electron chi connectivity index (χ2n) is 5.48. The first kappa shape index (κ1) is 17.7. The molecule has 0 bridgehead atoms. The molecule has 0 spiro atoms. The minimum atomic E-state index is -4.65. The molecular weight excluding hydrogens is 335 g/mol. The monoisotopic (exact) mass is 351 g/mol. The van der Waals surface area contributed by atoms with Crippen LogP contribution in [0.5, 0.6) is 0 Å². The maximum atomic E-state index is 12.8. The Balaban J connectivity index is 2.62. The van der Waals surface area contributed by atoms with Crippen LogP contribution in [-0.2, 0) is 25.7 Å². The number of hydrogen-bond acceptors (Lipinski definition) is 4. The van der Waals surface area contributed by atoms with Gasteiger partial charge in [0.15, 0.2) is 0 Å². The fraction of sp³-hybridized carbons (Fsp3) is 0.500. The van der Waals surface area contributed by atoms with Crippen molar-refractivity contribution in [1.82, 2.24) is 4.31 Å². The molecule has 2 rings (SSSR count). The number of benzene rings is 1. The standard InChI is InChI=1S/C14H16F3NO4S/c1-8(2)18-11(7-13(19)22-3)10-5-4-9(14(15,16)17)6-12(10)23(18,20)21/h4-6,8,11H,7H2,1-3H3/t11-/m0/s1. The summed E-state index contributed by atoms with van der Waals surface area (Å²) in [6.07, 6.45) is -4.90. The largest absolute Gasteiger partial charge is 0.469 e. The van der Waals surface area contributed by atoms with Crippen molar-refractivity contribution in [1.29, 1.82) is 0 Å². The third-order valence-corrected chi connectivity index (χ3v) is 5.80. The molecule has 1 heterocycles. The third kappa shape index (κ3) is 3.07. The molecule has 0 aromatic heterocycles. The molecule has 9 heteroatoms. The average Bonchev–Trinajstić information content (AvgIpc) is 2.65. The maximum absolute atomic E-state index is 12.8. The summed E-state index contributed by atoms with van der Waals surface area (Å²) in [7, 11) is -2.94. The van der Waals surface area contributed by atoms with Gasteiger partial charge < -0.3 is 4.74 Å². The van der Waals surface area contributed by atoms with E-state index in [1.54, 1.807) is 13.8 Å². The zero-order chi connectivity index (χ0) is 17.6. The van der Waals surface area contributed by atoms with Crippen molar-refractivity contribution < 1.29 is 31.1 Å². The van der Waals surface area contributed by atoms with Crippen LogP contribution < -0.4 is 0 Å². The summed E-state index contributed by atoms with van der Waals surface area (Å²) in [5, 5.41) is 0. The van der Waals surface area contributed by atoms with Crippen LogP contribution in [0.1, 0.15) is 37.4 Å². The van der Waals surface area contributed by atoms with Crippen molar-refractivity contribution in [2.45, 2.75) is 43.4 Å². The number of esters is 1. The van der Waals surface area contributed by atoms with Gasteiger partial charge in [0, 0.05) is 6.04 Å². The van der Waals surface area contributed by atoms with E-state index in [0.29, 0.717) is 6.07 Å². The van der Waals surface area contributed by atoms with Crippen molar-refractivity contribution in [3.05, 3.63) is 29.3 Å². The Kier molecular flexibility index (Phi) is 4.46. The van der Waals surface area contributed by atoms with E-state index in [-0.39, 0.29) is 12.0 Å². The SMILES string of the molecule is COC(=O)C[C@H]1c2ccc(C(F)(F)F)cc2S(=O)(=O)N1C(C)C. The molecule has 23 heavy (non-hydrogen) atoms. The third-order valence-electron chi connectivity index (χ3n) is 3.66. The highest BCUT2D eigenvalue weighted by Gasteiger charge is 2.46. The molecule has 0 saturated carbocycles. The highest BCUT2D eigenvalue weighted by atomic mass is 32.2. The highest BCUT2D eigenvalue weighted by Crippen LogP contribution is 2.44. The Labute approximate surface area is 132 Å². The van der Waals surface area contributed by atoms with Crippen LogP contribution in [0.2, 0.25) is 0 Å². The van der Waals surface area contributed by atoms with Crippen molar-refractivity contribution in [3.63, 3.8) is 0 Å². The Hall–Kier alpha value is -1.61. The summed E-state index contributed by atoms with van der Waals surface area (Å²) in [4.78, 5) is 11.2. The summed E-state index contributed by atoms with van der Waals surface area (Å²) in [5.74, 6) is -0.636. The average molecular weight is 351 g/mol. The normalized spacial score (nSPS) is 20.6. The quantitative estimate of drug-likeness (QED) is 0.786. The van der Waals surface area contributed by atoms with Crippen molar-refractivity contribution in [3.8, 4) is 0 Å². The molecule has 1 aliphatic heterocycles. The number of halogens is 3. The van der Waals surface area contributed by atoms with Gasteiger partial charge in [-0.15, -0.1) is 0 Å². The summed E-state index contributed by atoms with van der Waals surface area (Å²) >= 11 is 0. The molecule has 128 valence electrons. The number of carbonyl (C=O) groups excluding carboxylic acids is 1. The summed E-state index contributed by atoms with van der Waals surface area (Å²) in [5.41, 5.74) is -0.862. The smallest absolute Gasteiger partial charge is 0.416 e. The van der Waals surface area contributed by atoms with Gasteiger partial charge >= 0.3 is 12.1 Å². The van der Waals surface area contributed by atoms with Crippen LogP contribution in [0, 0.1) is 0 Å². The number of methoxy groups -OCH3 is 1. The molecule has 0 unspecified atom stereocenters. The fourth-order valence-electron chi connectivity index (χ4n) is 2.71. The molecule has 0 saturated heterocycles. The highest BCUT2D eigenvalue weighted by molar-refractivity contribution is 7.89. The van der Waals surface area contributed by atoms with E-state index < -0.39 is 44.7 Å². The number of fused-ring (bicyclic) bond motifs is 1. The van der Waals surface area contributed by atoms with Crippen molar-refractivity contribution in [2.75, 3.05) is 7.11 Å². The minimum absolute atomic E-state index is 0.178. The van der Waals surface area contributed by atoms with Gasteiger partial charge in [0.05, 0.1) is 30.0 Å². The molecule has 1 aromatic carbocycles. The van der Waals surface area contributed by atoms with Crippen LogP contribution in [0.25, 0.3) is 0 Å². The van der Waals surface area contributed by atoms with Gasteiger partial charge in [0.25, 0.3) is 0 Å². The van der Waals surface area contributed by atoms with Crippen molar-refractivity contribution in [2.24, 2.45) is 0 Å². The van der Waals surface area contributed by atoms with Crippen LogP contribution in [0.4, 0.5) is 13.2 Å². The predicted molar refractivity (Wildman–Crippen MR) is 75.0 cm³/mol. The van der Waals surface area contributed by atoms with E-state index in [1.807, 2.05) is 0 Å². The topological polar surface area (TPSA) is 63.7 Å². The van der Waals surface area contributed by atoms with Gasteiger partial charge in [-0.25, -0.2) is 8.42 Å². The second-order valence-corrected chi connectivity index (χ2v) is 7.29. The summed E-state index contributed by atoms with van der Waals surface area (Å²) < 4.78 is 69.3. The Bertz CT molecular complexity index is 728. The molecule has 0 amide bonds. The number of alkyl halides is 3. The Morgan fingerprint density at radius 2 is 1.96 bits per heavy atom. The molecular formula is C14H16F3NO4S. The van der Waals surface area contributed by atoms with E-state index in [2.05, 4.69) is 4.74 Å². The molecule has 5 nitrogen and oxygen atoms in total. The Morgan fingerprint density at radius 3 is 2.43 bits per heavy atom. The molecule has 1 atom stereocenters. The fourth-order valence-corrected chi connectivity index (χ4v) is 4.79. The zero-order valence-corrected chi connectivity index (χ0v) is 13.5. The van der Waals surface area contributed by atoms with Crippen LogP contribution in [0.15, 0.2) is 23.1 Å². The van der Waals surface area contributed by atoms with Crippen LogP contribution >= 0.6 is 0 Å². The minimum Gasteiger partial charge on any atom is -0.469 e. The van der Waals surface area contributed by atoms with E-state index in [1.165, 1.54) is 7.11 Å².